The Morgan fingerprint density at radius 2 is 1.60 bits per heavy atom. The normalized spacial score (nSPS) is 13.8. The molecule has 0 unspecified atom stereocenters. The van der Waals surface area contributed by atoms with Crippen LogP contribution in [-0.4, -0.2) is 20.2 Å². The number of rotatable bonds is 5. The van der Waals surface area contributed by atoms with Crippen LogP contribution < -0.4 is 14.9 Å². The molecular formula is C26H20ClN3O4S. The van der Waals surface area contributed by atoms with Gasteiger partial charge in [0.05, 0.1) is 17.1 Å². The summed E-state index contributed by atoms with van der Waals surface area (Å²) in [7, 11) is -3.71. The summed E-state index contributed by atoms with van der Waals surface area (Å²) in [5.41, 5.74) is 2.46. The third-order valence-corrected chi connectivity index (χ3v) is 7.28. The zero-order valence-electron chi connectivity index (χ0n) is 18.4. The number of fused-ring (bicyclic) bond motifs is 3. The van der Waals surface area contributed by atoms with Crippen molar-refractivity contribution in [2.45, 2.75) is 12.2 Å². The SMILES string of the molecule is O=C1CC(=O)N(c2ccc(NS(=O)(=O)Cc3ccccc3Cl)cc2)c2ccc3ccccc3c2N1. The number of anilines is 4. The molecule has 2 N–H and O–H groups in total. The summed E-state index contributed by atoms with van der Waals surface area (Å²) >= 11 is 6.10. The van der Waals surface area contributed by atoms with Gasteiger partial charge in [-0.15, -0.1) is 0 Å². The fourth-order valence-electron chi connectivity index (χ4n) is 4.11. The van der Waals surface area contributed by atoms with E-state index in [0.29, 0.717) is 33.3 Å². The molecule has 1 heterocycles. The van der Waals surface area contributed by atoms with Crippen molar-refractivity contribution in [2.75, 3.05) is 14.9 Å². The summed E-state index contributed by atoms with van der Waals surface area (Å²) < 4.78 is 27.8. The van der Waals surface area contributed by atoms with Gasteiger partial charge in [-0.05, 0) is 47.3 Å². The molecule has 0 aliphatic carbocycles. The van der Waals surface area contributed by atoms with Crippen LogP contribution in [0.5, 0.6) is 0 Å². The lowest BCUT2D eigenvalue weighted by Crippen LogP contribution is -2.26. The second-order valence-electron chi connectivity index (χ2n) is 8.13. The molecule has 0 saturated heterocycles. The molecule has 176 valence electrons. The van der Waals surface area contributed by atoms with E-state index in [1.54, 1.807) is 54.6 Å². The van der Waals surface area contributed by atoms with Crippen molar-refractivity contribution in [1.29, 1.82) is 0 Å². The van der Waals surface area contributed by atoms with Gasteiger partial charge in [0.15, 0.2) is 0 Å². The first-order valence-electron chi connectivity index (χ1n) is 10.8. The van der Waals surface area contributed by atoms with E-state index in [0.717, 1.165) is 10.8 Å². The van der Waals surface area contributed by atoms with Crippen LogP contribution in [0.3, 0.4) is 0 Å². The number of halogens is 1. The summed E-state index contributed by atoms with van der Waals surface area (Å²) in [6, 6.07) is 24.5. The summed E-state index contributed by atoms with van der Waals surface area (Å²) in [6.45, 7) is 0. The third-order valence-electron chi connectivity index (χ3n) is 5.68. The summed E-state index contributed by atoms with van der Waals surface area (Å²) in [4.78, 5) is 26.9. The van der Waals surface area contributed by atoms with Crippen molar-refractivity contribution in [3.05, 3.63) is 95.5 Å². The molecule has 2 amide bonds. The van der Waals surface area contributed by atoms with Crippen LogP contribution in [-0.2, 0) is 25.4 Å². The second-order valence-corrected chi connectivity index (χ2v) is 10.3. The standard InChI is InChI=1S/C26H20ClN3O4S/c27-22-8-4-2-6-18(22)16-35(33,34)29-19-10-12-20(13-11-19)30-23-14-9-17-5-1-3-7-21(17)26(23)28-24(31)15-25(30)32/h1-14,29H,15-16H2,(H,28,31). The number of hydrogen-bond donors (Lipinski definition) is 2. The van der Waals surface area contributed by atoms with E-state index in [9.17, 15) is 18.0 Å². The number of carbonyl (C=O) groups is 2. The fourth-order valence-corrected chi connectivity index (χ4v) is 5.62. The predicted molar refractivity (Wildman–Crippen MR) is 138 cm³/mol. The maximum atomic E-state index is 13.0. The van der Waals surface area contributed by atoms with Gasteiger partial charge in [-0.2, -0.15) is 0 Å². The number of nitrogens with zero attached hydrogens (tertiary/aromatic N) is 1. The van der Waals surface area contributed by atoms with Crippen molar-refractivity contribution in [1.82, 2.24) is 0 Å². The molecule has 7 nitrogen and oxygen atoms in total. The average molecular weight is 506 g/mol. The quantitative estimate of drug-likeness (QED) is 0.353. The predicted octanol–water partition coefficient (Wildman–Crippen LogP) is 5.44. The molecule has 0 aromatic heterocycles. The molecule has 1 aliphatic rings. The molecule has 0 saturated carbocycles. The van der Waals surface area contributed by atoms with E-state index in [-0.39, 0.29) is 24.0 Å². The maximum Gasteiger partial charge on any atom is 0.241 e. The van der Waals surface area contributed by atoms with Crippen LogP contribution in [0.2, 0.25) is 5.02 Å². The highest BCUT2D eigenvalue weighted by Crippen LogP contribution is 2.40. The molecule has 4 aromatic carbocycles. The van der Waals surface area contributed by atoms with Crippen LogP contribution in [0.15, 0.2) is 84.9 Å². The molecule has 0 atom stereocenters. The van der Waals surface area contributed by atoms with E-state index in [2.05, 4.69) is 10.0 Å². The number of sulfonamides is 1. The molecule has 0 bridgehead atoms. The van der Waals surface area contributed by atoms with Gasteiger partial charge in [0.2, 0.25) is 21.8 Å². The fraction of sp³-hybridized carbons (Fsp3) is 0.0769. The Labute approximate surface area is 207 Å². The van der Waals surface area contributed by atoms with Gasteiger partial charge < -0.3 is 5.32 Å². The molecule has 0 spiro atoms. The van der Waals surface area contributed by atoms with Gasteiger partial charge in [-0.25, -0.2) is 8.42 Å². The first-order valence-corrected chi connectivity index (χ1v) is 12.8. The summed E-state index contributed by atoms with van der Waals surface area (Å²) in [5, 5.41) is 4.99. The van der Waals surface area contributed by atoms with Crippen LogP contribution in [0.4, 0.5) is 22.7 Å². The molecule has 5 rings (SSSR count). The minimum atomic E-state index is -3.71. The minimum absolute atomic E-state index is 0.271. The molecule has 0 fully saturated rings. The van der Waals surface area contributed by atoms with Crippen LogP contribution >= 0.6 is 11.6 Å². The Balaban J connectivity index is 1.46. The van der Waals surface area contributed by atoms with Crippen molar-refractivity contribution >= 4 is 67.0 Å². The van der Waals surface area contributed by atoms with Crippen LogP contribution in [0.1, 0.15) is 12.0 Å². The highest BCUT2D eigenvalue weighted by atomic mass is 35.5. The smallest absolute Gasteiger partial charge is 0.241 e. The van der Waals surface area contributed by atoms with E-state index in [1.807, 2.05) is 30.3 Å². The van der Waals surface area contributed by atoms with Gasteiger partial charge in [-0.1, -0.05) is 60.1 Å². The van der Waals surface area contributed by atoms with Gasteiger partial charge in [0.1, 0.15) is 6.42 Å². The monoisotopic (exact) mass is 505 g/mol. The zero-order chi connectivity index (χ0) is 24.6. The van der Waals surface area contributed by atoms with Gasteiger partial charge in [0.25, 0.3) is 0 Å². The molecule has 4 aromatic rings. The lowest BCUT2D eigenvalue weighted by atomic mass is 10.1. The Morgan fingerprint density at radius 1 is 0.886 bits per heavy atom. The summed E-state index contributed by atoms with van der Waals surface area (Å²) in [6.07, 6.45) is -0.310. The van der Waals surface area contributed by atoms with Crippen molar-refractivity contribution in [2.24, 2.45) is 0 Å². The Kier molecular flexibility index (Phi) is 5.92. The van der Waals surface area contributed by atoms with Crippen LogP contribution in [0.25, 0.3) is 10.8 Å². The number of nitrogens with one attached hydrogen (secondary N) is 2. The van der Waals surface area contributed by atoms with E-state index < -0.39 is 10.0 Å². The van der Waals surface area contributed by atoms with Gasteiger partial charge >= 0.3 is 0 Å². The maximum absolute atomic E-state index is 13.0. The third kappa shape index (κ3) is 4.71. The Morgan fingerprint density at radius 3 is 2.37 bits per heavy atom. The number of hydrogen-bond acceptors (Lipinski definition) is 4. The molecule has 0 radical (unpaired) electrons. The minimum Gasteiger partial charge on any atom is -0.323 e. The van der Waals surface area contributed by atoms with Crippen LogP contribution in [0, 0.1) is 0 Å². The largest absolute Gasteiger partial charge is 0.323 e. The lowest BCUT2D eigenvalue weighted by Gasteiger charge is -2.23. The van der Waals surface area contributed by atoms with Crippen molar-refractivity contribution in [3.63, 3.8) is 0 Å². The average Bonchev–Trinajstić information content (AvgIpc) is 2.95. The van der Waals surface area contributed by atoms with E-state index >= 15 is 0 Å². The topological polar surface area (TPSA) is 95.6 Å². The Hall–Kier alpha value is -3.88. The van der Waals surface area contributed by atoms with Gasteiger partial charge in [-0.3, -0.25) is 19.2 Å². The Bertz CT molecular complexity index is 1570. The molecule has 1 aliphatic heterocycles. The van der Waals surface area contributed by atoms with Crippen molar-refractivity contribution < 1.29 is 18.0 Å². The number of amides is 2. The van der Waals surface area contributed by atoms with E-state index in [1.165, 1.54) is 4.90 Å². The first kappa shape index (κ1) is 22.9. The number of benzene rings is 4. The van der Waals surface area contributed by atoms with Gasteiger partial charge in [0, 0.05) is 21.8 Å². The number of carbonyl (C=O) groups excluding carboxylic acids is 2. The van der Waals surface area contributed by atoms with E-state index in [4.69, 9.17) is 11.6 Å². The molecule has 9 heteroatoms. The first-order chi connectivity index (χ1) is 16.8. The second kappa shape index (κ2) is 9.05. The summed E-state index contributed by atoms with van der Waals surface area (Å²) in [5.74, 6) is -1.05. The van der Waals surface area contributed by atoms with Crippen molar-refractivity contribution in [3.8, 4) is 0 Å². The highest BCUT2D eigenvalue weighted by Gasteiger charge is 2.28. The highest BCUT2D eigenvalue weighted by molar-refractivity contribution is 7.91. The lowest BCUT2D eigenvalue weighted by molar-refractivity contribution is -0.124. The zero-order valence-corrected chi connectivity index (χ0v) is 19.9. The molecule has 35 heavy (non-hydrogen) atoms. The molecular weight excluding hydrogens is 486 g/mol.